The van der Waals surface area contributed by atoms with Crippen molar-refractivity contribution in [2.45, 2.75) is 44.9 Å². The van der Waals surface area contributed by atoms with E-state index in [1.54, 1.807) is 24.7 Å². The highest BCUT2D eigenvalue weighted by Crippen LogP contribution is 2.41. The molecule has 7 nitrogen and oxygen atoms in total. The van der Waals surface area contributed by atoms with Gasteiger partial charge in [-0.2, -0.15) is 13.2 Å². The number of aromatic nitrogens is 2. The number of hydrogen-bond acceptors (Lipinski definition) is 5. The quantitative estimate of drug-likeness (QED) is 0.250. The summed E-state index contributed by atoms with van der Waals surface area (Å²) in [7, 11) is -1.94. The van der Waals surface area contributed by atoms with Crippen LogP contribution in [0.5, 0.6) is 0 Å². The Morgan fingerprint density at radius 2 is 1.71 bits per heavy atom. The Labute approximate surface area is 243 Å². The second kappa shape index (κ2) is 11.4. The number of aliphatic hydroxyl groups excluding tert-OH is 1. The number of aliphatic hydroxyl groups is 1. The van der Waals surface area contributed by atoms with E-state index in [-0.39, 0.29) is 44.4 Å². The summed E-state index contributed by atoms with van der Waals surface area (Å²) in [4.78, 5) is 17.5. The number of benzene rings is 3. The molecule has 2 N–H and O–H groups in total. The predicted octanol–water partition coefficient (Wildman–Crippen LogP) is 6.57. The molecule has 0 spiro atoms. The van der Waals surface area contributed by atoms with Crippen LogP contribution in [0.25, 0.3) is 11.1 Å². The van der Waals surface area contributed by atoms with E-state index in [2.05, 4.69) is 10.3 Å². The maximum absolute atomic E-state index is 13.9. The van der Waals surface area contributed by atoms with Gasteiger partial charge in [0, 0.05) is 30.7 Å². The van der Waals surface area contributed by atoms with Gasteiger partial charge in [0.05, 0.1) is 16.2 Å². The highest BCUT2D eigenvalue weighted by atomic mass is 32.2. The first-order chi connectivity index (χ1) is 19.5. The number of carbonyl (C=O) groups is 1. The fraction of sp³-hybridized carbons (Fsp3) is 0.290. The second-order valence-corrected chi connectivity index (χ2v) is 13.4. The Balaban J connectivity index is 1.73. The van der Waals surface area contributed by atoms with Crippen molar-refractivity contribution in [3.63, 3.8) is 0 Å². The fourth-order valence-corrected chi connectivity index (χ4v) is 6.97. The van der Waals surface area contributed by atoms with Gasteiger partial charge >= 0.3 is 6.18 Å². The third-order valence-electron chi connectivity index (χ3n) is 6.62. The summed E-state index contributed by atoms with van der Waals surface area (Å²) in [5.41, 5.74) is -0.388. The van der Waals surface area contributed by atoms with Gasteiger partial charge in [-0.25, -0.2) is 13.4 Å². The molecule has 0 aliphatic rings. The van der Waals surface area contributed by atoms with E-state index in [4.69, 9.17) is 0 Å². The van der Waals surface area contributed by atoms with Crippen LogP contribution in [0, 0.1) is 12.3 Å². The molecule has 0 bridgehead atoms. The number of amides is 1. The number of alkyl halides is 3. The molecule has 0 radical (unpaired) electrons. The second-order valence-electron chi connectivity index (χ2n) is 11.4. The van der Waals surface area contributed by atoms with Crippen LogP contribution in [0.3, 0.4) is 0 Å². The average Bonchev–Trinajstić information content (AvgIpc) is 3.31. The number of aryl methyl sites for hydroxylation is 2. The zero-order valence-corrected chi connectivity index (χ0v) is 24.6. The zero-order chi connectivity index (χ0) is 31.0. The molecule has 1 amide bonds. The van der Waals surface area contributed by atoms with Crippen LogP contribution in [-0.2, 0) is 23.1 Å². The van der Waals surface area contributed by atoms with Gasteiger partial charge < -0.3 is 15.0 Å². The number of halogens is 3. The molecule has 0 fully saturated rings. The Bertz CT molecular complexity index is 1740. The van der Waals surface area contributed by atoms with Gasteiger partial charge in [0.2, 0.25) is 0 Å². The average molecular weight is 600 g/mol. The van der Waals surface area contributed by atoms with Crippen molar-refractivity contribution in [3.8, 4) is 11.1 Å². The van der Waals surface area contributed by atoms with Crippen LogP contribution in [-0.4, -0.2) is 34.7 Å². The van der Waals surface area contributed by atoms with E-state index >= 15 is 0 Å². The SMILES string of the molecule is Cc1cc(C(=O)Nc2ccc(-c3ccccc3C(F)(F)F)c(C(O)c3nccn3C)c2)ccc1S(=O)(=O)CC(C)(C)C. The molecule has 0 aliphatic heterocycles. The van der Waals surface area contributed by atoms with E-state index < -0.39 is 39.0 Å². The normalized spacial score (nSPS) is 13.2. The van der Waals surface area contributed by atoms with Gasteiger partial charge in [0.25, 0.3) is 5.91 Å². The van der Waals surface area contributed by atoms with Gasteiger partial charge in [-0.3, -0.25) is 4.79 Å². The molecule has 11 heteroatoms. The topological polar surface area (TPSA) is 101 Å². The summed E-state index contributed by atoms with van der Waals surface area (Å²) in [6, 6.07) is 13.6. The molecule has 4 rings (SSSR count). The number of rotatable bonds is 7. The first kappa shape index (κ1) is 31.0. The van der Waals surface area contributed by atoms with Crippen LogP contribution >= 0.6 is 0 Å². The van der Waals surface area contributed by atoms with Crippen molar-refractivity contribution in [2.24, 2.45) is 12.5 Å². The Kier molecular flexibility index (Phi) is 8.39. The predicted molar refractivity (Wildman–Crippen MR) is 155 cm³/mol. The minimum absolute atomic E-state index is 0.0582. The molecule has 222 valence electrons. The molecular formula is C31H32F3N3O4S. The monoisotopic (exact) mass is 599 g/mol. The Morgan fingerprint density at radius 1 is 1.02 bits per heavy atom. The van der Waals surface area contributed by atoms with Crippen LogP contribution < -0.4 is 5.32 Å². The highest BCUT2D eigenvalue weighted by molar-refractivity contribution is 7.91. The molecule has 3 aromatic carbocycles. The standard InChI is InChI=1S/C31H32F3N3O4S/c1-19-16-20(10-13-26(19)42(40,41)18-30(2,3)4)29(39)36-21-11-12-22(23-8-6-7-9-25(23)31(32,33)34)24(17-21)27(38)28-35-14-15-37(28)5/h6-17,27,38H,18H2,1-5H3,(H,36,39). The number of imidazole rings is 1. The molecule has 4 aromatic rings. The molecule has 0 saturated heterocycles. The fourth-order valence-electron chi connectivity index (χ4n) is 4.85. The van der Waals surface area contributed by atoms with Crippen molar-refractivity contribution in [1.29, 1.82) is 0 Å². The Morgan fingerprint density at radius 3 is 2.31 bits per heavy atom. The summed E-state index contributed by atoms with van der Waals surface area (Å²) >= 11 is 0. The molecule has 1 aromatic heterocycles. The lowest BCUT2D eigenvalue weighted by molar-refractivity contribution is -0.137. The molecule has 42 heavy (non-hydrogen) atoms. The number of sulfone groups is 1. The first-order valence-corrected chi connectivity index (χ1v) is 14.7. The lowest BCUT2D eigenvalue weighted by atomic mass is 9.91. The zero-order valence-electron chi connectivity index (χ0n) is 23.8. The molecular weight excluding hydrogens is 567 g/mol. The van der Waals surface area contributed by atoms with Crippen molar-refractivity contribution in [1.82, 2.24) is 9.55 Å². The molecule has 1 atom stereocenters. The number of hydrogen-bond donors (Lipinski definition) is 2. The Hall–Kier alpha value is -3.96. The van der Waals surface area contributed by atoms with Crippen LogP contribution in [0.1, 0.15) is 59.7 Å². The van der Waals surface area contributed by atoms with Crippen molar-refractivity contribution in [3.05, 3.63) is 101 Å². The van der Waals surface area contributed by atoms with Crippen LogP contribution in [0.4, 0.5) is 18.9 Å². The molecule has 0 aliphatic carbocycles. The smallest absolute Gasteiger partial charge is 0.380 e. The van der Waals surface area contributed by atoms with Gasteiger partial charge in [-0.1, -0.05) is 45.0 Å². The van der Waals surface area contributed by atoms with Gasteiger partial charge in [-0.05, 0) is 71.0 Å². The number of nitrogens with zero attached hydrogens (tertiary/aromatic N) is 2. The number of nitrogens with one attached hydrogen (secondary N) is 1. The molecule has 1 heterocycles. The minimum atomic E-state index is -4.64. The lowest BCUT2D eigenvalue weighted by Gasteiger charge is -2.20. The summed E-state index contributed by atoms with van der Waals surface area (Å²) in [6.07, 6.45) is -2.99. The maximum Gasteiger partial charge on any atom is 0.417 e. The van der Waals surface area contributed by atoms with E-state index in [1.807, 2.05) is 20.8 Å². The first-order valence-electron chi connectivity index (χ1n) is 13.1. The van der Waals surface area contributed by atoms with Gasteiger partial charge in [-0.15, -0.1) is 0 Å². The van der Waals surface area contributed by atoms with Crippen molar-refractivity contribution < 1.29 is 31.5 Å². The third-order valence-corrected chi connectivity index (χ3v) is 9.00. The van der Waals surface area contributed by atoms with Crippen LogP contribution in [0.2, 0.25) is 0 Å². The van der Waals surface area contributed by atoms with Crippen molar-refractivity contribution >= 4 is 21.4 Å². The summed E-state index contributed by atoms with van der Waals surface area (Å²) in [5, 5.41) is 14.0. The highest BCUT2D eigenvalue weighted by Gasteiger charge is 2.34. The maximum atomic E-state index is 13.9. The lowest BCUT2D eigenvalue weighted by Crippen LogP contribution is -2.22. The molecule has 0 saturated carbocycles. The van der Waals surface area contributed by atoms with E-state index in [1.165, 1.54) is 60.8 Å². The number of anilines is 1. The summed E-state index contributed by atoms with van der Waals surface area (Å²) in [6.45, 7) is 7.09. The van der Waals surface area contributed by atoms with Crippen LogP contribution in [0.15, 0.2) is 78.0 Å². The van der Waals surface area contributed by atoms with Gasteiger partial charge in [0.1, 0.15) is 11.9 Å². The van der Waals surface area contributed by atoms with E-state index in [0.717, 1.165) is 6.07 Å². The summed E-state index contributed by atoms with van der Waals surface area (Å²) < 4.78 is 69.0. The van der Waals surface area contributed by atoms with Gasteiger partial charge in [0.15, 0.2) is 9.84 Å². The van der Waals surface area contributed by atoms with Crippen molar-refractivity contribution in [2.75, 3.05) is 11.1 Å². The van der Waals surface area contributed by atoms with E-state index in [9.17, 15) is 31.5 Å². The van der Waals surface area contributed by atoms with E-state index in [0.29, 0.717) is 5.56 Å². The molecule has 1 unspecified atom stereocenters. The summed E-state index contributed by atoms with van der Waals surface area (Å²) in [5.74, 6) is -0.414. The minimum Gasteiger partial charge on any atom is -0.380 e. The largest absolute Gasteiger partial charge is 0.417 e. The number of carbonyl (C=O) groups excluding carboxylic acids is 1. The third kappa shape index (κ3) is 6.74.